The molecule has 6 nitrogen and oxygen atoms in total. The molecule has 0 heterocycles. The van der Waals surface area contributed by atoms with Crippen LogP contribution in [0.1, 0.15) is 0 Å². The van der Waals surface area contributed by atoms with Gasteiger partial charge in [-0.05, 0) is 0 Å². The summed E-state index contributed by atoms with van der Waals surface area (Å²) in [6, 6.07) is 0. The Bertz CT molecular complexity index is 110. The molecule has 3 N–H and O–H groups in total. The fourth-order valence-electron chi connectivity index (χ4n) is 0.760. The van der Waals surface area contributed by atoms with Gasteiger partial charge in [-0.25, -0.2) is 0 Å². The quantitative estimate of drug-likeness (QED) is 0.438. The topological polar surface area (TPSA) is 98.1 Å². The SMILES string of the molecule is O=C=O.OCCN(CCO)CCO. The number of aliphatic hydroxyl groups is 3. The van der Waals surface area contributed by atoms with Gasteiger partial charge in [0.25, 0.3) is 0 Å². The van der Waals surface area contributed by atoms with Crippen LogP contribution in [0.15, 0.2) is 0 Å². The second-order valence-corrected chi connectivity index (χ2v) is 2.10. The van der Waals surface area contributed by atoms with Crippen molar-refractivity contribution in [3.05, 3.63) is 0 Å². The van der Waals surface area contributed by atoms with E-state index in [1.807, 2.05) is 0 Å². The van der Waals surface area contributed by atoms with Crippen LogP contribution in [0, 0.1) is 0 Å². The van der Waals surface area contributed by atoms with E-state index in [2.05, 4.69) is 0 Å². The molecule has 0 saturated carbocycles. The van der Waals surface area contributed by atoms with Crippen LogP contribution in [0.4, 0.5) is 0 Å². The van der Waals surface area contributed by atoms with E-state index in [1.165, 1.54) is 0 Å². The zero-order valence-corrected chi connectivity index (χ0v) is 7.35. The third-order valence-corrected chi connectivity index (χ3v) is 1.25. The van der Waals surface area contributed by atoms with Crippen molar-refractivity contribution in [1.29, 1.82) is 0 Å². The lowest BCUT2D eigenvalue weighted by Crippen LogP contribution is -2.32. The summed E-state index contributed by atoms with van der Waals surface area (Å²) in [5.41, 5.74) is 0. The van der Waals surface area contributed by atoms with Crippen molar-refractivity contribution in [2.75, 3.05) is 39.5 Å². The molecule has 0 spiro atoms. The molecule has 0 unspecified atom stereocenters. The van der Waals surface area contributed by atoms with Crippen molar-refractivity contribution < 1.29 is 24.9 Å². The van der Waals surface area contributed by atoms with Gasteiger partial charge in [0.15, 0.2) is 0 Å². The van der Waals surface area contributed by atoms with E-state index < -0.39 is 0 Å². The van der Waals surface area contributed by atoms with Crippen molar-refractivity contribution in [2.45, 2.75) is 0 Å². The Morgan fingerprint density at radius 1 is 0.846 bits per heavy atom. The molecule has 0 aromatic carbocycles. The van der Waals surface area contributed by atoms with Gasteiger partial charge in [-0.3, -0.25) is 4.90 Å². The smallest absolute Gasteiger partial charge is 0.373 e. The third kappa shape index (κ3) is 14.1. The minimum absolute atomic E-state index is 0.0694. The molecule has 0 fully saturated rings. The van der Waals surface area contributed by atoms with Gasteiger partial charge in [-0.1, -0.05) is 0 Å². The number of hydrogen-bond donors (Lipinski definition) is 3. The molecule has 0 saturated heterocycles. The largest absolute Gasteiger partial charge is 0.395 e. The van der Waals surface area contributed by atoms with Crippen LogP contribution >= 0.6 is 0 Å². The molecule has 0 bridgehead atoms. The molecule has 0 amide bonds. The fourth-order valence-corrected chi connectivity index (χ4v) is 0.760. The highest BCUT2D eigenvalue weighted by Gasteiger charge is 2.00. The lowest BCUT2D eigenvalue weighted by Gasteiger charge is -2.17. The molecule has 13 heavy (non-hydrogen) atoms. The zero-order chi connectivity index (χ0) is 10.5. The van der Waals surface area contributed by atoms with E-state index in [0.29, 0.717) is 19.6 Å². The van der Waals surface area contributed by atoms with Crippen LogP contribution in [0.25, 0.3) is 0 Å². The Hall–Kier alpha value is -0.780. The highest BCUT2D eigenvalue weighted by Crippen LogP contribution is 1.84. The maximum Gasteiger partial charge on any atom is 0.373 e. The first-order chi connectivity index (χ1) is 6.26. The van der Waals surface area contributed by atoms with Gasteiger partial charge in [0.05, 0.1) is 19.8 Å². The number of rotatable bonds is 6. The van der Waals surface area contributed by atoms with Crippen LogP contribution < -0.4 is 0 Å². The first kappa shape index (κ1) is 14.7. The van der Waals surface area contributed by atoms with Gasteiger partial charge in [-0.15, -0.1) is 0 Å². The molecular formula is C7H15NO5. The van der Waals surface area contributed by atoms with Gasteiger partial charge in [0.2, 0.25) is 0 Å². The molecule has 6 heteroatoms. The molecule has 0 aliphatic carbocycles. The Labute approximate surface area is 76.4 Å². The maximum atomic E-state index is 8.48. The Morgan fingerprint density at radius 3 is 1.23 bits per heavy atom. The van der Waals surface area contributed by atoms with E-state index in [1.54, 1.807) is 4.90 Å². The Morgan fingerprint density at radius 2 is 1.08 bits per heavy atom. The second-order valence-electron chi connectivity index (χ2n) is 2.10. The standard InChI is InChI=1S/C6H15NO3.CO2/c8-4-1-7(2-5-9)3-6-10;2-1-3/h8-10H,1-6H2;. The zero-order valence-electron chi connectivity index (χ0n) is 7.35. The van der Waals surface area contributed by atoms with E-state index in [9.17, 15) is 0 Å². The number of nitrogens with zero attached hydrogens (tertiary/aromatic N) is 1. The minimum Gasteiger partial charge on any atom is -0.395 e. The first-order valence-corrected chi connectivity index (χ1v) is 3.81. The van der Waals surface area contributed by atoms with Crippen LogP contribution in [-0.4, -0.2) is 65.8 Å². The Balaban J connectivity index is 0. The lowest BCUT2D eigenvalue weighted by molar-refractivity contribution is -0.191. The number of aliphatic hydroxyl groups excluding tert-OH is 3. The van der Waals surface area contributed by atoms with Gasteiger partial charge in [0, 0.05) is 19.6 Å². The predicted octanol–water partition coefficient (Wildman–Crippen LogP) is -2.32. The van der Waals surface area contributed by atoms with E-state index in [-0.39, 0.29) is 26.0 Å². The van der Waals surface area contributed by atoms with Gasteiger partial charge in [-0.2, -0.15) is 9.59 Å². The van der Waals surface area contributed by atoms with E-state index in [0.717, 1.165) is 0 Å². The normalized spacial score (nSPS) is 8.92. The van der Waals surface area contributed by atoms with Crippen LogP contribution in [-0.2, 0) is 9.59 Å². The molecule has 78 valence electrons. The predicted molar refractivity (Wildman–Crippen MR) is 42.7 cm³/mol. The van der Waals surface area contributed by atoms with Crippen molar-refractivity contribution in [2.24, 2.45) is 0 Å². The van der Waals surface area contributed by atoms with Gasteiger partial charge >= 0.3 is 6.15 Å². The summed E-state index contributed by atoms with van der Waals surface area (Å²) >= 11 is 0. The molecule has 0 atom stereocenters. The van der Waals surface area contributed by atoms with Crippen molar-refractivity contribution in [3.63, 3.8) is 0 Å². The van der Waals surface area contributed by atoms with Crippen LogP contribution in [0.2, 0.25) is 0 Å². The molecule has 0 aliphatic heterocycles. The lowest BCUT2D eigenvalue weighted by atomic mass is 10.4. The first-order valence-electron chi connectivity index (χ1n) is 3.81. The molecule has 0 aromatic heterocycles. The van der Waals surface area contributed by atoms with E-state index in [4.69, 9.17) is 24.9 Å². The molecule has 0 rings (SSSR count). The average molecular weight is 193 g/mol. The van der Waals surface area contributed by atoms with E-state index >= 15 is 0 Å². The summed E-state index contributed by atoms with van der Waals surface area (Å²) < 4.78 is 0. The highest BCUT2D eigenvalue weighted by molar-refractivity contribution is 5.20. The average Bonchev–Trinajstić information content (AvgIpc) is 2.07. The van der Waals surface area contributed by atoms with Gasteiger partial charge < -0.3 is 15.3 Å². The Kier molecular flexibility index (Phi) is 15.6. The fraction of sp³-hybridized carbons (Fsp3) is 0.857. The van der Waals surface area contributed by atoms with Crippen molar-refractivity contribution in [1.82, 2.24) is 4.90 Å². The number of hydrogen-bond acceptors (Lipinski definition) is 6. The van der Waals surface area contributed by atoms with Crippen LogP contribution in [0.3, 0.4) is 0 Å². The summed E-state index contributed by atoms with van der Waals surface area (Å²) in [7, 11) is 0. The summed E-state index contributed by atoms with van der Waals surface area (Å²) in [6.07, 6.45) is 0.250. The molecule has 0 radical (unpaired) electrons. The third-order valence-electron chi connectivity index (χ3n) is 1.25. The van der Waals surface area contributed by atoms with Crippen molar-refractivity contribution >= 4 is 6.15 Å². The highest BCUT2D eigenvalue weighted by atomic mass is 16.3. The van der Waals surface area contributed by atoms with Crippen molar-refractivity contribution in [3.8, 4) is 0 Å². The summed E-state index contributed by atoms with van der Waals surface area (Å²) in [6.45, 7) is 1.75. The van der Waals surface area contributed by atoms with Crippen LogP contribution in [0.5, 0.6) is 0 Å². The van der Waals surface area contributed by atoms with Gasteiger partial charge in [0.1, 0.15) is 0 Å². The second kappa shape index (κ2) is 13.8. The monoisotopic (exact) mass is 193 g/mol. The maximum absolute atomic E-state index is 8.48. The minimum atomic E-state index is 0.0694. The summed E-state index contributed by atoms with van der Waals surface area (Å²) in [4.78, 5) is 18.0. The molecule has 0 aliphatic rings. The number of carbonyl (C=O) groups excluding carboxylic acids is 2. The molecular weight excluding hydrogens is 178 g/mol. The summed E-state index contributed by atoms with van der Waals surface area (Å²) in [5, 5.41) is 25.5. The summed E-state index contributed by atoms with van der Waals surface area (Å²) in [5.74, 6) is 0. The molecule has 0 aromatic rings.